The van der Waals surface area contributed by atoms with Gasteiger partial charge in [-0.05, 0) is 43.6 Å². The van der Waals surface area contributed by atoms with Crippen LogP contribution in [0.25, 0.3) is 10.9 Å². The molecule has 25 heavy (non-hydrogen) atoms. The lowest BCUT2D eigenvalue weighted by atomic mass is 9.67. The van der Waals surface area contributed by atoms with E-state index in [0.29, 0.717) is 22.7 Å². The van der Waals surface area contributed by atoms with E-state index in [-0.39, 0.29) is 29.4 Å². The number of aromatic amines is 1. The van der Waals surface area contributed by atoms with Gasteiger partial charge in [0.15, 0.2) is 5.69 Å². The van der Waals surface area contributed by atoms with E-state index in [1.807, 2.05) is 0 Å². The fraction of sp³-hybridized carbons (Fsp3) is 0.529. The smallest absolute Gasteiger partial charge is 0.272 e. The van der Waals surface area contributed by atoms with E-state index < -0.39 is 4.92 Å². The summed E-state index contributed by atoms with van der Waals surface area (Å²) in [6.45, 7) is 0. The Labute approximate surface area is 144 Å². The Hall–Kier alpha value is -2.48. The molecule has 2 bridgehead atoms. The Morgan fingerprint density at radius 3 is 2.72 bits per heavy atom. The molecule has 1 aromatic heterocycles. The lowest BCUT2D eigenvalue weighted by molar-refractivity contribution is -0.384. The fourth-order valence-corrected chi connectivity index (χ4v) is 4.53. The molecule has 0 aliphatic heterocycles. The Morgan fingerprint density at radius 2 is 2.04 bits per heavy atom. The zero-order valence-corrected chi connectivity index (χ0v) is 13.8. The summed E-state index contributed by atoms with van der Waals surface area (Å²) in [5, 5.41) is 21.5. The third kappa shape index (κ3) is 2.86. The van der Waals surface area contributed by atoms with Crippen molar-refractivity contribution in [3.8, 4) is 0 Å². The molecule has 1 heterocycles. The SMILES string of the molecule is NC1CC2CCCC(C1)C2NC(=O)c1n[nH]c2ccc([N+](=O)[O-])cc12. The van der Waals surface area contributed by atoms with Crippen molar-refractivity contribution in [1.82, 2.24) is 15.5 Å². The summed E-state index contributed by atoms with van der Waals surface area (Å²) in [7, 11) is 0. The first-order valence-corrected chi connectivity index (χ1v) is 8.72. The highest BCUT2D eigenvalue weighted by molar-refractivity contribution is 6.05. The molecule has 2 fully saturated rings. The number of carbonyl (C=O) groups is 1. The molecule has 4 rings (SSSR count). The molecule has 2 atom stereocenters. The van der Waals surface area contributed by atoms with Crippen LogP contribution >= 0.6 is 0 Å². The summed E-state index contributed by atoms with van der Waals surface area (Å²) >= 11 is 0. The lowest BCUT2D eigenvalue weighted by Crippen LogP contribution is -2.53. The largest absolute Gasteiger partial charge is 0.347 e. The highest BCUT2D eigenvalue weighted by Gasteiger charge is 2.40. The number of hydrogen-bond acceptors (Lipinski definition) is 5. The van der Waals surface area contributed by atoms with Gasteiger partial charge in [-0.1, -0.05) is 6.42 Å². The van der Waals surface area contributed by atoms with Gasteiger partial charge >= 0.3 is 0 Å². The monoisotopic (exact) mass is 343 g/mol. The fourth-order valence-electron chi connectivity index (χ4n) is 4.53. The summed E-state index contributed by atoms with van der Waals surface area (Å²) in [5.41, 5.74) is 6.91. The molecule has 4 N–H and O–H groups in total. The van der Waals surface area contributed by atoms with E-state index in [9.17, 15) is 14.9 Å². The number of nitrogens with two attached hydrogens (primary N) is 1. The minimum Gasteiger partial charge on any atom is -0.347 e. The lowest BCUT2D eigenvalue weighted by Gasteiger charge is -2.45. The van der Waals surface area contributed by atoms with Crippen LogP contribution in [0, 0.1) is 22.0 Å². The van der Waals surface area contributed by atoms with Gasteiger partial charge in [-0.3, -0.25) is 20.0 Å². The zero-order chi connectivity index (χ0) is 17.6. The Bertz CT molecular complexity index is 819. The molecule has 2 aromatic rings. The second-order valence-corrected chi connectivity index (χ2v) is 7.24. The third-order valence-corrected chi connectivity index (χ3v) is 5.65. The number of non-ortho nitro benzene ring substituents is 1. The van der Waals surface area contributed by atoms with Gasteiger partial charge in [0.2, 0.25) is 0 Å². The number of nitrogens with one attached hydrogen (secondary N) is 2. The summed E-state index contributed by atoms with van der Waals surface area (Å²) in [4.78, 5) is 23.3. The van der Waals surface area contributed by atoms with Crippen molar-refractivity contribution in [2.75, 3.05) is 0 Å². The van der Waals surface area contributed by atoms with Gasteiger partial charge in [-0.2, -0.15) is 5.10 Å². The van der Waals surface area contributed by atoms with E-state index in [0.717, 1.165) is 25.7 Å². The van der Waals surface area contributed by atoms with Crippen molar-refractivity contribution in [3.63, 3.8) is 0 Å². The first-order valence-electron chi connectivity index (χ1n) is 8.72. The van der Waals surface area contributed by atoms with Gasteiger partial charge in [0.05, 0.1) is 10.4 Å². The van der Waals surface area contributed by atoms with Gasteiger partial charge in [0.1, 0.15) is 0 Å². The van der Waals surface area contributed by atoms with Crippen LogP contribution < -0.4 is 11.1 Å². The van der Waals surface area contributed by atoms with E-state index in [1.165, 1.54) is 18.6 Å². The maximum Gasteiger partial charge on any atom is 0.272 e. The molecule has 8 heteroatoms. The maximum absolute atomic E-state index is 12.8. The number of aromatic nitrogens is 2. The van der Waals surface area contributed by atoms with Crippen LogP contribution in [0.1, 0.15) is 42.6 Å². The van der Waals surface area contributed by atoms with Crippen LogP contribution in [-0.2, 0) is 0 Å². The van der Waals surface area contributed by atoms with Gasteiger partial charge in [-0.25, -0.2) is 0 Å². The molecule has 8 nitrogen and oxygen atoms in total. The van der Waals surface area contributed by atoms with E-state index in [2.05, 4.69) is 15.5 Å². The molecular formula is C17H21N5O3. The quantitative estimate of drug-likeness (QED) is 0.581. The normalized spacial score (nSPS) is 28.7. The molecule has 0 radical (unpaired) electrons. The predicted octanol–water partition coefficient (Wildman–Crippen LogP) is 2.11. The summed E-state index contributed by atoms with van der Waals surface area (Å²) in [5.74, 6) is 0.543. The minimum absolute atomic E-state index is 0.0524. The standard InChI is InChI=1S/C17H21N5O3/c18-11-6-9-2-1-3-10(7-11)15(9)19-17(23)16-13-8-12(22(24)25)4-5-14(13)20-21-16/h4-5,8-11,15H,1-3,6-7,18H2,(H,19,23)(H,20,21). The number of fused-ring (bicyclic) bond motifs is 3. The van der Waals surface area contributed by atoms with Crippen LogP contribution in [0.3, 0.4) is 0 Å². The van der Waals surface area contributed by atoms with E-state index in [4.69, 9.17) is 5.73 Å². The Kier molecular flexibility index (Phi) is 3.91. The van der Waals surface area contributed by atoms with E-state index >= 15 is 0 Å². The van der Waals surface area contributed by atoms with Gasteiger partial charge in [0.25, 0.3) is 11.6 Å². The van der Waals surface area contributed by atoms with Gasteiger partial charge in [0, 0.05) is 29.6 Å². The molecule has 2 aliphatic rings. The maximum atomic E-state index is 12.8. The summed E-state index contributed by atoms with van der Waals surface area (Å²) in [6.07, 6.45) is 5.23. The number of amides is 1. The van der Waals surface area contributed by atoms with Crippen LogP contribution in [0.4, 0.5) is 5.69 Å². The number of hydrogen-bond donors (Lipinski definition) is 3. The van der Waals surface area contributed by atoms with Crippen LogP contribution in [0.2, 0.25) is 0 Å². The number of nitrogens with zero attached hydrogens (tertiary/aromatic N) is 2. The van der Waals surface area contributed by atoms with Crippen molar-refractivity contribution in [1.29, 1.82) is 0 Å². The predicted molar refractivity (Wildman–Crippen MR) is 92.0 cm³/mol. The average Bonchev–Trinajstić information content (AvgIpc) is 2.98. The first kappa shape index (κ1) is 16.0. The van der Waals surface area contributed by atoms with Crippen LogP contribution in [-0.4, -0.2) is 33.1 Å². The molecule has 2 unspecified atom stereocenters. The topological polar surface area (TPSA) is 127 Å². The number of H-pyrrole nitrogens is 1. The number of nitro groups is 1. The molecule has 1 amide bonds. The van der Waals surface area contributed by atoms with Gasteiger partial charge < -0.3 is 11.1 Å². The van der Waals surface area contributed by atoms with Crippen molar-refractivity contribution in [2.24, 2.45) is 17.6 Å². The minimum atomic E-state index is -0.471. The second-order valence-electron chi connectivity index (χ2n) is 7.24. The Balaban J connectivity index is 1.60. The van der Waals surface area contributed by atoms with Crippen molar-refractivity contribution in [3.05, 3.63) is 34.0 Å². The zero-order valence-electron chi connectivity index (χ0n) is 13.8. The molecule has 2 saturated carbocycles. The average molecular weight is 343 g/mol. The van der Waals surface area contributed by atoms with Crippen LogP contribution in [0.15, 0.2) is 18.2 Å². The Morgan fingerprint density at radius 1 is 1.32 bits per heavy atom. The van der Waals surface area contributed by atoms with Crippen molar-refractivity contribution >= 4 is 22.5 Å². The highest BCUT2D eigenvalue weighted by atomic mass is 16.6. The van der Waals surface area contributed by atoms with Crippen molar-refractivity contribution < 1.29 is 9.72 Å². The number of benzene rings is 1. The summed E-state index contributed by atoms with van der Waals surface area (Å²) in [6, 6.07) is 4.70. The van der Waals surface area contributed by atoms with Crippen molar-refractivity contribution in [2.45, 2.75) is 44.2 Å². The number of rotatable bonds is 3. The third-order valence-electron chi connectivity index (χ3n) is 5.65. The molecule has 132 valence electrons. The molecular weight excluding hydrogens is 322 g/mol. The molecule has 0 spiro atoms. The van der Waals surface area contributed by atoms with Gasteiger partial charge in [-0.15, -0.1) is 0 Å². The number of carbonyl (C=O) groups excluding carboxylic acids is 1. The van der Waals surface area contributed by atoms with E-state index in [1.54, 1.807) is 6.07 Å². The molecule has 1 aromatic carbocycles. The van der Waals surface area contributed by atoms with Crippen LogP contribution in [0.5, 0.6) is 0 Å². The molecule has 2 aliphatic carbocycles. The number of nitro benzene ring substituents is 1. The highest BCUT2D eigenvalue weighted by Crippen LogP contribution is 2.39. The molecule has 0 saturated heterocycles. The summed E-state index contributed by atoms with van der Waals surface area (Å²) < 4.78 is 0. The first-order chi connectivity index (χ1) is 12.0. The second kappa shape index (κ2) is 6.11.